The van der Waals surface area contributed by atoms with Crippen LogP contribution in [-0.2, 0) is 11.0 Å². The van der Waals surface area contributed by atoms with Gasteiger partial charge in [-0.1, -0.05) is 5.21 Å². The minimum atomic E-state index is -4.65. The average molecular weight is 472 g/mol. The van der Waals surface area contributed by atoms with Crippen LogP contribution in [0.4, 0.5) is 19.0 Å². The first-order chi connectivity index (χ1) is 16.3. The fourth-order valence-electron chi connectivity index (χ4n) is 4.20. The topological polar surface area (TPSA) is 136 Å². The van der Waals surface area contributed by atoms with Gasteiger partial charge >= 0.3 is 6.18 Å². The molecular weight excluding hydrogens is 453 g/mol. The van der Waals surface area contributed by atoms with E-state index in [9.17, 15) is 18.0 Å². The van der Waals surface area contributed by atoms with Gasteiger partial charge in [0.15, 0.2) is 0 Å². The summed E-state index contributed by atoms with van der Waals surface area (Å²) in [4.78, 5) is 26.0. The Kier molecular flexibility index (Phi) is 5.27. The molecule has 0 aromatic carbocycles. The van der Waals surface area contributed by atoms with Crippen LogP contribution in [0, 0.1) is 0 Å². The molecule has 0 spiro atoms. The smallest absolute Gasteiger partial charge is 0.387 e. The lowest BCUT2D eigenvalue weighted by atomic mass is 10.0. The SMILES string of the molecule is Nc1ncc(-c2ccc3ncc4nnn(C5CCN(C(=O)CO)CC5)c4c3n2)cc1C(F)(F)F. The number of alkyl halides is 3. The molecule has 1 saturated heterocycles. The first kappa shape index (κ1) is 21.9. The Morgan fingerprint density at radius 2 is 1.91 bits per heavy atom. The number of hydrogen-bond donors (Lipinski definition) is 2. The Labute approximate surface area is 190 Å². The zero-order valence-electron chi connectivity index (χ0n) is 17.7. The maximum atomic E-state index is 13.3. The van der Waals surface area contributed by atoms with Crippen molar-refractivity contribution in [1.82, 2.24) is 34.8 Å². The van der Waals surface area contributed by atoms with Crippen molar-refractivity contribution in [2.75, 3.05) is 25.4 Å². The Hall–Kier alpha value is -3.87. The van der Waals surface area contributed by atoms with Crippen LogP contribution >= 0.6 is 0 Å². The summed E-state index contributed by atoms with van der Waals surface area (Å²) in [6.07, 6.45) is -0.627. The summed E-state index contributed by atoms with van der Waals surface area (Å²) >= 11 is 0. The minimum absolute atomic E-state index is 0.0705. The van der Waals surface area contributed by atoms with Gasteiger partial charge in [0.05, 0.1) is 29.0 Å². The molecule has 0 radical (unpaired) electrons. The summed E-state index contributed by atoms with van der Waals surface area (Å²) < 4.78 is 41.7. The largest absolute Gasteiger partial charge is 0.419 e. The Morgan fingerprint density at radius 3 is 2.62 bits per heavy atom. The number of nitrogens with zero attached hydrogens (tertiary/aromatic N) is 7. The van der Waals surface area contributed by atoms with Gasteiger partial charge in [0.25, 0.3) is 0 Å². The molecule has 5 rings (SSSR count). The van der Waals surface area contributed by atoms with E-state index in [0.29, 0.717) is 48.0 Å². The molecule has 3 N–H and O–H groups in total. The third-order valence-corrected chi connectivity index (χ3v) is 5.96. The van der Waals surface area contributed by atoms with Crippen molar-refractivity contribution in [2.45, 2.75) is 25.1 Å². The summed E-state index contributed by atoms with van der Waals surface area (Å²) in [7, 11) is 0. The standard InChI is InChI=1S/C21H19F3N8O2/c22-21(23,24)13-7-11(8-27-20(13)25)14-1-2-15-18(28-14)19-16(9-26-15)29-30-32(19)12-3-5-31(6-4-12)17(34)10-33/h1-2,7-9,12,33H,3-6,10H2,(H2,25,27). The molecule has 1 amide bonds. The van der Waals surface area contributed by atoms with Gasteiger partial charge in [0.2, 0.25) is 5.91 Å². The number of carbonyl (C=O) groups excluding carboxylic acids is 1. The number of halogens is 3. The fourth-order valence-corrected chi connectivity index (χ4v) is 4.20. The van der Waals surface area contributed by atoms with E-state index in [4.69, 9.17) is 10.8 Å². The zero-order chi connectivity index (χ0) is 24.0. The second-order valence-corrected chi connectivity index (χ2v) is 8.01. The number of aliphatic hydroxyl groups excluding tert-OH is 1. The molecule has 13 heteroatoms. The zero-order valence-corrected chi connectivity index (χ0v) is 17.7. The van der Waals surface area contributed by atoms with Gasteiger partial charge in [-0.2, -0.15) is 13.2 Å². The lowest BCUT2D eigenvalue weighted by molar-refractivity contribution is -0.137. The number of pyridine rings is 3. The number of likely N-dealkylation sites (tertiary alicyclic amines) is 1. The number of aliphatic hydroxyl groups is 1. The number of aromatic nitrogens is 6. The molecule has 0 aliphatic carbocycles. The molecule has 1 fully saturated rings. The number of amides is 1. The van der Waals surface area contributed by atoms with Crippen LogP contribution in [-0.4, -0.2) is 65.6 Å². The summed E-state index contributed by atoms with van der Waals surface area (Å²) in [6.45, 7) is 0.394. The van der Waals surface area contributed by atoms with E-state index in [2.05, 4.69) is 25.3 Å². The molecule has 34 heavy (non-hydrogen) atoms. The molecule has 10 nitrogen and oxygen atoms in total. The van der Waals surface area contributed by atoms with E-state index in [1.807, 2.05) is 0 Å². The van der Waals surface area contributed by atoms with Gasteiger partial charge in [-0.25, -0.2) is 14.6 Å². The second kappa shape index (κ2) is 8.17. The molecule has 0 bridgehead atoms. The summed E-state index contributed by atoms with van der Waals surface area (Å²) in [5.41, 5.74) is 6.92. The summed E-state index contributed by atoms with van der Waals surface area (Å²) in [5.74, 6) is -0.924. The minimum Gasteiger partial charge on any atom is -0.387 e. The lowest BCUT2D eigenvalue weighted by Crippen LogP contribution is -2.40. The monoisotopic (exact) mass is 472 g/mol. The van der Waals surface area contributed by atoms with E-state index < -0.39 is 24.2 Å². The highest BCUT2D eigenvalue weighted by Crippen LogP contribution is 2.35. The molecule has 1 aliphatic rings. The fraction of sp³-hybridized carbons (Fsp3) is 0.333. The third-order valence-electron chi connectivity index (χ3n) is 5.96. The van der Waals surface area contributed by atoms with Crippen LogP contribution in [0.15, 0.2) is 30.6 Å². The van der Waals surface area contributed by atoms with Crippen molar-refractivity contribution < 1.29 is 23.1 Å². The number of anilines is 1. The molecule has 4 aromatic rings. The first-order valence-corrected chi connectivity index (χ1v) is 10.5. The van der Waals surface area contributed by atoms with E-state index in [1.54, 1.807) is 27.9 Å². The Balaban J connectivity index is 1.57. The average Bonchev–Trinajstić information content (AvgIpc) is 3.27. The number of nitrogen functional groups attached to an aromatic ring is 1. The predicted molar refractivity (Wildman–Crippen MR) is 115 cm³/mol. The Bertz CT molecular complexity index is 1400. The molecule has 1 aliphatic heterocycles. The van der Waals surface area contributed by atoms with E-state index in [-0.39, 0.29) is 23.2 Å². The maximum absolute atomic E-state index is 13.3. The number of carbonyl (C=O) groups is 1. The van der Waals surface area contributed by atoms with Crippen LogP contribution in [0.1, 0.15) is 24.4 Å². The van der Waals surface area contributed by atoms with Crippen LogP contribution < -0.4 is 5.73 Å². The van der Waals surface area contributed by atoms with Gasteiger partial charge in [-0.05, 0) is 31.0 Å². The molecular formula is C21H19F3N8O2. The Morgan fingerprint density at radius 1 is 1.15 bits per heavy atom. The molecule has 0 saturated carbocycles. The van der Waals surface area contributed by atoms with E-state index >= 15 is 0 Å². The molecule has 176 valence electrons. The lowest BCUT2D eigenvalue weighted by Gasteiger charge is -2.31. The molecule has 0 atom stereocenters. The van der Waals surface area contributed by atoms with E-state index in [1.165, 1.54) is 6.20 Å². The van der Waals surface area contributed by atoms with Gasteiger partial charge in [-0.15, -0.1) is 5.10 Å². The highest BCUT2D eigenvalue weighted by molar-refractivity contribution is 5.99. The normalized spacial score (nSPS) is 15.4. The van der Waals surface area contributed by atoms with Gasteiger partial charge in [0, 0.05) is 24.8 Å². The van der Waals surface area contributed by atoms with Crippen molar-refractivity contribution >= 4 is 33.8 Å². The number of nitrogens with two attached hydrogens (primary N) is 1. The quantitative estimate of drug-likeness (QED) is 0.463. The van der Waals surface area contributed by atoms with E-state index in [0.717, 1.165) is 6.07 Å². The van der Waals surface area contributed by atoms with Crippen molar-refractivity contribution in [3.8, 4) is 11.3 Å². The van der Waals surface area contributed by atoms with Gasteiger partial charge in [0.1, 0.15) is 29.0 Å². The van der Waals surface area contributed by atoms with Crippen molar-refractivity contribution in [1.29, 1.82) is 0 Å². The summed E-state index contributed by atoms with van der Waals surface area (Å²) in [5, 5.41) is 17.5. The molecule has 5 heterocycles. The van der Waals surface area contributed by atoms with Crippen LogP contribution in [0.3, 0.4) is 0 Å². The van der Waals surface area contributed by atoms with Crippen LogP contribution in [0.2, 0.25) is 0 Å². The van der Waals surface area contributed by atoms with Gasteiger partial charge < -0.3 is 15.7 Å². The number of hydrogen-bond acceptors (Lipinski definition) is 8. The predicted octanol–water partition coefficient (Wildman–Crippen LogP) is 2.19. The summed E-state index contributed by atoms with van der Waals surface area (Å²) in [6, 6.07) is 4.09. The molecule has 0 unspecified atom stereocenters. The van der Waals surface area contributed by atoms with Crippen LogP contribution in [0.5, 0.6) is 0 Å². The molecule has 4 aromatic heterocycles. The van der Waals surface area contributed by atoms with Gasteiger partial charge in [-0.3, -0.25) is 9.78 Å². The number of rotatable bonds is 3. The van der Waals surface area contributed by atoms with Crippen LogP contribution in [0.25, 0.3) is 33.3 Å². The van der Waals surface area contributed by atoms with Crippen molar-refractivity contribution in [2.24, 2.45) is 0 Å². The third kappa shape index (κ3) is 3.77. The number of fused-ring (bicyclic) bond motifs is 3. The van der Waals surface area contributed by atoms with Crippen molar-refractivity contribution in [3.05, 3.63) is 36.2 Å². The highest BCUT2D eigenvalue weighted by atomic mass is 19.4. The second-order valence-electron chi connectivity index (χ2n) is 8.01. The number of piperidine rings is 1. The first-order valence-electron chi connectivity index (χ1n) is 10.5. The maximum Gasteiger partial charge on any atom is 0.419 e. The highest BCUT2D eigenvalue weighted by Gasteiger charge is 2.34. The van der Waals surface area contributed by atoms with Crippen molar-refractivity contribution in [3.63, 3.8) is 0 Å².